The predicted octanol–water partition coefficient (Wildman–Crippen LogP) is 4.42. The number of aromatic nitrogens is 3. The van der Waals surface area contributed by atoms with Gasteiger partial charge in [-0.3, -0.25) is 5.32 Å². The van der Waals surface area contributed by atoms with Crippen molar-refractivity contribution in [3.8, 4) is 5.69 Å². The lowest BCUT2D eigenvalue weighted by Crippen LogP contribution is -2.28. The molecule has 0 saturated heterocycles. The number of thiazole rings is 1. The molecule has 0 aliphatic carbocycles. The van der Waals surface area contributed by atoms with Gasteiger partial charge in [-0.1, -0.05) is 41.7 Å². The number of hydrogen-bond acceptors (Lipinski definition) is 4. The fourth-order valence-corrected chi connectivity index (χ4v) is 3.85. The number of nitrogens with zero attached hydrogens (tertiary/aromatic N) is 3. The van der Waals surface area contributed by atoms with Crippen LogP contribution in [0.3, 0.4) is 0 Å². The van der Waals surface area contributed by atoms with Crippen LogP contribution in [0.25, 0.3) is 15.9 Å². The second kappa shape index (κ2) is 7.20. The number of para-hydroxylation sites is 2. The zero-order valence-corrected chi connectivity index (χ0v) is 15.9. The molecule has 0 aliphatic rings. The zero-order chi connectivity index (χ0) is 18.8. The molecule has 136 valence electrons. The van der Waals surface area contributed by atoms with Crippen molar-refractivity contribution in [3.63, 3.8) is 0 Å². The molecule has 7 heteroatoms. The summed E-state index contributed by atoms with van der Waals surface area (Å²) in [5.41, 5.74) is 4.81. The highest BCUT2D eigenvalue weighted by molar-refractivity contribution is 7.22. The standard InChI is InChI=1S/C20H19N5OS/c1-13-16(14(2)25(24-13)15-8-4-3-5-9-15)12-21-19(26)23-20-22-17-10-6-7-11-18(17)27-20/h3-11H,12H2,1-2H3,(H2,21,22,23,26). The van der Waals surface area contributed by atoms with Crippen LogP contribution in [0.1, 0.15) is 17.0 Å². The molecule has 0 saturated carbocycles. The van der Waals surface area contributed by atoms with E-state index in [1.807, 2.05) is 73.1 Å². The van der Waals surface area contributed by atoms with Gasteiger partial charge < -0.3 is 5.32 Å². The Labute approximate surface area is 160 Å². The SMILES string of the molecule is Cc1nn(-c2ccccc2)c(C)c1CNC(=O)Nc1nc2ccccc2s1. The monoisotopic (exact) mass is 377 g/mol. The number of anilines is 1. The van der Waals surface area contributed by atoms with Gasteiger partial charge in [0.15, 0.2) is 5.13 Å². The number of carbonyl (C=O) groups excluding carboxylic acids is 1. The molecule has 4 aromatic rings. The van der Waals surface area contributed by atoms with Crippen LogP contribution in [0.5, 0.6) is 0 Å². The molecular formula is C20H19N5OS. The number of carbonyl (C=O) groups is 1. The van der Waals surface area contributed by atoms with Gasteiger partial charge in [-0.05, 0) is 38.1 Å². The number of urea groups is 1. The topological polar surface area (TPSA) is 71.8 Å². The summed E-state index contributed by atoms with van der Waals surface area (Å²) in [4.78, 5) is 16.7. The first-order valence-corrected chi connectivity index (χ1v) is 9.44. The molecule has 0 aliphatic heterocycles. The molecule has 0 unspecified atom stereocenters. The molecular weight excluding hydrogens is 358 g/mol. The fraction of sp³-hybridized carbons (Fsp3) is 0.150. The number of benzene rings is 2. The average Bonchev–Trinajstić information content (AvgIpc) is 3.20. The van der Waals surface area contributed by atoms with Crippen LogP contribution in [0, 0.1) is 13.8 Å². The van der Waals surface area contributed by atoms with Crippen molar-refractivity contribution in [2.45, 2.75) is 20.4 Å². The van der Waals surface area contributed by atoms with Gasteiger partial charge in [-0.15, -0.1) is 0 Å². The van der Waals surface area contributed by atoms with Crippen LogP contribution in [-0.4, -0.2) is 20.8 Å². The van der Waals surface area contributed by atoms with Gasteiger partial charge in [0.1, 0.15) is 0 Å². The minimum Gasteiger partial charge on any atom is -0.334 e. The summed E-state index contributed by atoms with van der Waals surface area (Å²) in [5.74, 6) is 0. The summed E-state index contributed by atoms with van der Waals surface area (Å²) in [7, 11) is 0. The highest BCUT2D eigenvalue weighted by Crippen LogP contribution is 2.25. The molecule has 2 heterocycles. The summed E-state index contributed by atoms with van der Waals surface area (Å²) in [6.45, 7) is 4.37. The molecule has 0 bridgehead atoms. The van der Waals surface area contributed by atoms with E-state index in [1.54, 1.807) is 0 Å². The van der Waals surface area contributed by atoms with E-state index in [-0.39, 0.29) is 6.03 Å². The minimum atomic E-state index is -0.277. The summed E-state index contributed by atoms with van der Waals surface area (Å²) < 4.78 is 2.95. The van der Waals surface area contributed by atoms with Crippen molar-refractivity contribution in [2.24, 2.45) is 0 Å². The van der Waals surface area contributed by atoms with Crippen molar-refractivity contribution in [3.05, 3.63) is 71.5 Å². The lowest BCUT2D eigenvalue weighted by atomic mass is 10.2. The Morgan fingerprint density at radius 1 is 1.07 bits per heavy atom. The smallest absolute Gasteiger partial charge is 0.321 e. The third-order valence-electron chi connectivity index (χ3n) is 4.38. The van der Waals surface area contributed by atoms with Crippen molar-refractivity contribution in [1.29, 1.82) is 0 Å². The maximum Gasteiger partial charge on any atom is 0.321 e. The quantitative estimate of drug-likeness (QED) is 0.553. The highest BCUT2D eigenvalue weighted by Gasteiger charge is 2.14. The van der Waals surface area contributed by atoms with Crippen LogP contribution in [-0.2, 0) is 6.54 Å². The zero-order valence-electron chi connectivity index (χ0n) is 15.1. The molecule has 2 aromatic carbocycles. The highest BCUT2D eigenvalue weighted by atomic mass is 32.1. The van der Waals surface area contributed by atoms with Gasteiger partial charge in [0.05, 0.1) is 21.6 Å². The molecule has 4 rings (SSSR count). The van der Waals surface area contributed by atoms with Crippen molar-refractivity contribution >= 4 is 32.7 Å². The van der Waals surface area contributed by atoms with Crippen LogP contribution in [0.15, 0.2) is 54.6 Å². The molecule has 2 amide bonds. The summed E-state index contributed by atoms with van der Waals surface area (Å²) >= 11 is 1.46. The Balaban J connectivity index is 1.45. The van der Waals surface area contributed by atoms with E-state index < -0.39 is 0 Å². The Bertz CT molecular complexity index is 1070. The number of rotatable bonds is 4. The molecule has 2 aromatic heterocycles. The maximum atomic E-state index is 12.3. The Morgan fingerprint density at radius 3 is 2.59 bits per heavy atom. The summed E-state index contributed by atoms with van der Waals surface area (Å²) in [6.07, 6.45) is 0. The third kappa shape index (κ3) is 3.54. The van der Waals surface area contributed by atoms with E-state index in [4.69, 9.17) is 0 Å². The van der Waals surface area contributed by atoms with Crippen molar-refractivity contribution < 1.29 is 4.79 Å². The first-order valence-electron chi connectivity index (χ1n) is 8.63. The molecule has 0 fully saturated rings. The van der Waals surface area contributed by atoms with E-state index in [2.05, 4.69) is 20.7 Å². The lowest BCUT2D eigenvalue weighted by molar-refractivity contribution is 0.251. The Hall–Kier alpha value is -3.19. The fourth-order valence-electron chi connectivity index (χ4n) is 2.99. The molecule has 27 heavy (non-hydrogen) atoms. The van der Waals surface area contributed by atoms with E-state index in [1.165, 1.54) is 11.3 Å². The van der Waals surface area contributed by atoms with Gasteiger partial charge >= 0.3 is 6.03 Å². The molecule has 0 spiro atoms. The average molecular weight is 377 g/mol. The van der Waals surface area contributed by atoms with Gasteiger partial charge in [0, 0.05) is 17.8 Å². The second-order valence-corrected chi connectivity index (χ2v) is 7.22. The normalized spacial score (nSPS) is 10.9. The van der Waals surface area contributed by atoms with E-state index in [0.717, 1.165) is 32.9 Å². The van der Waals surface area contributed by atoms with Crippen molar-refractivity contribution in [2.75, 3.05) is 5.32 Å². The number of hydrogen-bond donors (Lipinski definition) is 2. The van der Waals surface area contributed by atoms with Crippen LogP contribution in [0.2, 0.25) is 0 Å². The van der Waals surface area contributed by atoms with Gasteiger partial charge in [-0.2, -0.15) is 5.10 Å². The molecule has 2 N–H and O–H groups in total. The lowest BCUT2D eigenvalue weighted by Gasteiger charge is -2.07. The van der Waals surface area contributed by atoms with Crippen LogP contribution in [0.4, 0.5) is 9.93 Å². The largest absolute Gasteiger partial charge is 0.334 e. The molecule has 0 atom stereocenters. The first-order chi connectivity index (χ1) is 13.1. The number of fused-ring (bicyclic) bond motifs is 1. The molecule has 6 nitrogen and oxygen atoms in total. The predicted molar refractivity (Wildman–Crippen MR) is 109 cm³/mol. The van der Waals surface area contributed by atoms with E-state index in [0.29, 0.717) is 11.7 Å². The third-order valence-corrected chi connectivity index (χ3v) is 5.33. The summed E-state index contributed by atoms with van der Waals surface area (Å²) in [6, 6.07) is 17.5. The second-order valence-electron chi connectivity index (χ2n) is 6.19. The number of aryl methyl sites for hydroxylation is 1. The van der Waals surface area contributed by atoms with Crippen LogP contribution < -0.4 is 10.6 Å². The van der Waals surface area contributed by atoms with Crippen molar-refractivity contribution in [1.82, 2.24) is 20.1 Å². The minimum absolute atomic E-state index is 0.277. The first kappa shape index (κ1) is 17.2. The van der Waals surface area contributed by atoms with Gasteiger partial charge in [0.25, 0.3) is 0 Å². The molecule has 0 radical (unpaired) electrons. The van der Waals surface area contributed by atoms with Gasteiger partial charge in [-0.25, -0.2) is 14.5 Å². The Morgan fingerprint density at radius 2 is 1.81 bits per heavy atom. The summed E-state index contributed by atoms with van der Waals surface area (Å²) in [5, 5.41) is 10.9. The van der Waals surface area contributed by atoms with E-state index in [9.17, 15) is 4.79 Å². The number of amides is 2. The van der Waals surface area contributed by atoms with Gasteiger partial charge in [0.2, 0.25) is 0 Å². The number of nitrogens with one attached hydrogen (secondary N) is 2. The maximum absolute atomic E-state index is 12.3. The van der Waals surface area contributed by atoms with E-state index >= 15 is 0 Å². The Kier molecular flexibility index (Phi) is 4.60. The van der Waals surface area contributed by atoms with Crippen LogP contribution >= 0.6 is 11.3 Å².